The normalized spacial score (nSPS) is 11.5. The van der Waals surface area contributed by atoms with E-state index < -0.39 is 11.7 Å². The zero-order valence-electron chi connectivity index (χ0n) is 8.24. The Balaban J connectivity index is 2.47. The van der Waals surface area contributed by atoms with E-state index in [9.17, 15) is 13.2 Å². The zero-order valence-corrected chi connectivity index (χ0v) is 9.83. The first-order chi connectivity index (χ1) is 7.97. The molecule has 88 valence electrons. The number of hydrogen-bond acceptors (Lipinski definition) is 3. The molecule has 0 saturated carbocycles. The minimum atomic E-state index is -4.37. The molecule has 0 aliphatic rings. The van der Waals surface area contributed by atoms with Crippen LogP contribution in [0.2, 0.25) is 0 Å². The molecule has 17 heavy (non-hydrogen) atoms. The van der Waals surface area contributed by atoms with Crippen LogP contribution in [0.15, 0.2) is 35.3 Å². The number of hydrogen-bond donors (Lipinski definition) is 0. The summed E-state index contributed by atoms with van der Waals surface area (Å²) >= 11 is 3.03. The Labute approximate surface area is 103 Å². The maximum Gasteiger partial charge on any atom is 0.416 e. The summed E-state index contributed by atoms with van der Waals surface area (Å²) in [5.41, 5.74) is -0.436. The number of halogens is 4. The second-order valence-corrected chi connectivity index (χ2v) is 3.87. The topological polar surface area (TPSA) is 38.7 Å². The highest BCUT2D eigenvalue weighted by atomic mass is 79.9. The second-order valence-electron chi connectivity index (χ2n) is 3.16. The summed E-state index contributed by atoms with van der Waals surface area (Å²) in [4.78, 5) is 11.4. The smallest absolute Gasteiger partial charge is 0.216 e. The molecule has 0 radical (unpaired) electrons. The molecule has 0 unspecified atom stereocenters. The molecule has 0 bridgehead atoms. The van der Waals surface area contributed by atoms with Crippen molar-refractivity contribution in [3.05, 3.63) is 40.9 Å². The minimum Gasteiger partial charge on any atom is -0.216 e. The quantitative estimate of drug-likeness (QED) is 0.811. The van der Waals surface area contributed by atoms with Gasteiger partial charge in [0, 0.05) is 5.56 Å². The van der Waals surface area contributed by atoms with Crippen LogP contribution in [0.25, 0.3) is 11.4 Å². The van der Waals surface area contributed by atoms with Crippen molar-refractivity contribution in [2.45, 2.75) is 6.18 Å². The Hall–Kier alpha value is -1.50. The first-order valence-electron chi connectivity index (χ1n) is 4.49. The van der Waals surface area contributed by atoms with Crippen molar-refractivity contribution in [3.63, 3.8) is 0 Å². The monoisotopic (exact) mass is 303 g/mol. The molecule has 2 aromatic rings. The number of benzene rings is 1. The van der Waals surface area contributed by atoms with Gasteiger partial charge < -0.3 is 0 Å². The van der Waals surface area contributed by atoms with Crippen molar-refractivity contribution in [2.24, 2.45) is 0 Å². The largest absolute Gasteiger partial charge is 0.416 e. The molecular weight excluding hydrogens is 299 g/mol. The third-order valence-electron chi connectivity index (χ3n) is 1.99. The van der Waals surface area contributed by atoms with E-state index in [-0.39, 0.29) is 10.6 Å². The molecule has 1 aromatic carbocycles. The van der Waals surface area contributed by atoms with Crippen molar-refractivity contribution in [2.75, 3.05) is 0 Å². The second kappa shape index (κ2) is 4.40. The van der Waals surface area contributed by atoms with E-state index in [4.69, 9.17) is 0 Å². The maximum atomic E-state index is 12.5. The van der Waals surface area contributed by atoms with E-state index >= 15 is 0 Å². The van der Waals surface area contributed by atoms with E-state index in [1.165, 1.54) is 18.5 Å². The number of nitrogens with zero attached hydrogens (tertiary/aromatic N) is 3. The Morgan fingerprint density at radius 2 is 1.88 bits per heavy atom. The molecule has 0 spiro atoms. The molecule has 7 heteroatoms. The van der Waals surface area contributed by atoms with E-state index in [1.54, 1.807) is 0 Å². The predicted octanol–water partition coefficient (Wildman–Crippen LogP) is 3.32. The lowest BCUT2D eigenvalue weighted by Gasteiger charge is -2.07. The molecule has 1 heterocycles. The zero-order chi connectivity index (χ0) is 12.5. The number of aromatic nitrogens is 3. The van der Waals surface area contributed by atoms with E-state index in [0.29, 0.717) is 5.56 Å². The lowest BCUT2D eigenvalue weighted by Crippen LogP contribution is -2.04. The molecule has 0 amide bonds. The fraction of sp³-hybridized carbons (Fsp3) is 0.100. The lowest BCUT2D eigenvalue weighted by molar-refractivity contribution is -0.137. The minimum absolute atomic E-state index is 0.193. The standard InChI is InChI=1S/C10H5BrF3N3/c11-9-16-5-15-8(17-9)6-2-1-3-7(4-6)10(12,13)14/h1-5H. The van der Waals surface area contributed by atoms with Crippen molar-refractivity contribution in [1.29, 1.82) is 0 Å². The van der Waals surface area contributed by atoms with Crippen LogP contribution in [0.3, 0.4) is 0 Å². The predicted molar refractivity (Wildman–Crippen MR) is 58.0 cm³/mol. The number of alkyl halides is 3. The van der Waals surface area contributed by atoms with Crippen LogP contribution < -0.4 is 0 Å². The molecule has 0 fully saturated rings. The fourth-order valence-electron chi connectivity index (χ4n) is 1.25. The van der Waals surface area contributed by atoms with Crippen molar-refractivity contribution < 1.29 is 13.2 Å². The summed E-state index contributed by atoms with van der Waals surface area (Å²) in [6, 6.07) is 4.83. The third-order valence-corrected chi connectivity index (χ3v) is 2.37. The molecular formula is C10H5BrF3N3. The molecule has 0 atom stereocenters. The Kier molecular flexibility index (Phi) is 3.10. The van der Waals surface area contributed by atoms with Crippen LogP contribution in [0.4, 0.5) is 13.2 Å². The van der Waals surface area contributed by atoms with Crippen LogP contribution in [-0.4, -0.2) is 15.0 Å². The van der Waals surface area contributed by atoms with Gasteiger partial charge >= 0.3 is 6.18 Å². The first-order valence-corrected chi connectivity index (χ1v) is 5.28. The van der Waals surface area contributed by atoms with Gasteiger partial charge in [0.15, 0.2) is 10.6 Å². The molecule has 0 aliphatic carbocycles. The molecule has 0 aliphatic heterocycles. The molecule has 0 saturated heterocycles. The Morgan fingerprint density at radius 1 is 1.12 bits per heavy atom. The highest BCUT2D eigenvalue weighted by Gasteiger charge is 2.30. The summed E-state index contributed by atoms with van der Waals surface area (Å²) in [5, 5.41) is 0. The average molecular weight is 304 g/mol. The van der Waals surface area contributed by atoms with Crippen molar-refractivity contribution in [3.8, 4) is 11.4 Å². The number of rotatable bonds is 1. The van der Waals surface area contributed by atoms with E-state index in [2.05, 4.69) is 30.9 Å². The van der Waals surface area contributed by atoms with Gasteiger partial charge in [-0.25, -0.2) is 15.0 Å². The van der Waals surface area contributed by atoms with Gasteiger partial charge in [0.05, 0.1) is 5.56 Å². The highest BCUT2D eigenvalue weighted by molar-refractivity contribution is 9.10. The van der Waals surface area contributed by atoms with Gasteiger partial charge in [-0.15, -0.1) is 0 Å². The summed E-state index contributed by atoms with van der Waals surface area (Å²) in [5.74, 6) is 0.193. The SMILES string of the molecule is FC(F)(F)c1cccc(-c2ncnc(Br)n2)c1. The summed E-state index contributed by atoms with van der Waals surface area (Å²) in [7, 11) is 0. The van der Waals surface area contributed by atoms with Gasteiger partial charge in [0.2, 0.25) is 0 Å². The summed E-state index contributed by atoms with van der Waals surface area (Å²) < 4.78 is 37.8. The first kappa shape index (κ1) is 12.0. The van der Waals surface area contributed by atoms with Crippen LogP contribution in [0, 0.1) is 0 Å². The van der Waals surface area contributed by atoms with Gasteiger partial charge in [-0.2, -0.15) is 13.2 Å². The third kappa shape index (κ3) is 2.79. The van der Waals surface area contributed by atoms with Gasteiger partial charge in [0.25, 0.3) is 0 Å². The summed E-state index contributed by atoms with van der Waals surface area (Å²) in [6.07, 6.45) is -3.15. The Morgan fingerprint density at radius 3 is 2.53 bits per heavy atom. The molecule has 2 rings (SSSR count). The summed E-state index contributed by atoms with van der Waals surface area (Å²) in [6.45, 7) is 0. The van der Waals surface area contributed by atoms with E-state index in [1.807, 2.05) is 0 Å². The fourth-order valence-corrected chi connectivity index (χ4v) is 1.51. The van der Waals surface area contributed by atoms with Crippen molar-refractivity contribution in [1.82, 2.24) is 15.0 Å². The van der Waals surface area contributed by atoms with E-state index in [0.717, 1.165) is 12.1 Å². The molecule has 3 nitrogen and oxygen atoms in total. The molecule has 0 N–H and O–H groups in total. The van der Waals surface area contributed by atoms with Gasteiger partial charge in [0.1, 0.15) is 6.33 Å². The van der Waals surface area contributed by atoms with Crippen LogP contribution in [0.1, 0.15) is 5.56 Å². The highest BCUT2D eigenvalue weighted by Crippen LogP contribution is 2.31. The van der Waals surface area contributed by atoms with Gasteiger partial charge in [-0.3, -0.25) is 0 Å². The van der Waals surface area contributed by atoms with Crippen LogP contribution in [-0.2, 0) is 6.18 Å². The van der Waals surface area contributed by atoms with Crippen molar-refractivity contribution >= 4 is 15.9 Å². The van der Waals surface area contributed by atoms with Crippen LogP contribution >= 0.6 is 15.9 Å². The van der Waals surface area contributed by atoms with Gasteiger partial charge in [-0.1, -0.05) is 12.1 Å². The Bertz CT molecular complexity index is 542. The van der Waals surface area contributed by atoms with Gasteiger partial charge in [-0.05, 0) is 28.1 Å². The average Bonchev–Trinajstić information content (AvgIpc) is 2.28. The molecule has 1 aromatic heterocycles. The van der Waals surface area contributed by atoms with Crippen LogP contribution in [0.5, 0.6) is 0 Å². The maximum absolute atomic E-state index is 12.5. The lowest BCUT2D eigenvalue weighted by atomic mass is 10.1.